The summed E-state index contributed by atoms with van der Waals surface area (Å²) in [5.74, 6) is 1.10. The predicted octanol–water partition coefficient (Wildman–Crippen LogP) is 3.75. The minimum absolute atomic E-state index is 0.00780. The number of amides is 1. The third-order valence-corrected chi connectivity index (χ3v) is 4.68. The molecule has 1 aliphatic heterocycles. The fraction of sp³-hybridized carbons (Fsp3) is 0.316. The molecule has 1 aliphatic rings. The molecule has 3 rings (SSSR count). The SMILES string of the molecule is COc1cc(NCC(=O)N2c3ccccc3C[C@H]2C)c(OC)cc1Cl. The first kappa shape index (κ1) is 17.4. The molecule has 0 unspecified atom stereocenters. The van der Waals surface area contributed by atoms with E-state index in [-0.39, 0.29) is 18.5 Å². The number of halogens is 1. The van der Waals surface area contributed by atoms with E-state index in [1.54, 1.807) is 26.4 Å². The van der Waals surface area contributed by atoms with Gasteiger partial charge in [0.1, 0.15) is 11.5 Å². The van der Waals surface area contributed by atoms with Crippen LogP contribution in [0, 0.1) is 0 Å². The van der Waals surface area contributed by atoms with Crippen LogP contribution < -0.4 is 19.7 Å². The molecule has 132 valence electrons. The van der Waals surface area contributed by atoms with Crippen molar-refractivity contribution in [3.63, 3.8) is 0 Å². The third kappa shape index (κ3) is 3.37. The lowest BCUT2D eigenvalue weighted by atomic mass is 10.1. The molecule has 2 aromatic rings. The zero-order valence-corrected chi connectivity index (χ0v) is 15.3. The Morgan fingerprint density at radius 3 is 2.68 bits per heavy atom. The number of hydrogen-bond acceptors (Lipinski definition) is 4. The van der Waals surface area contributed by atoms with Crippen LogP contribution >= 0.6 is 11.6 Å². The molecule has 0 fully saturated rings. The van der Waals surface area contributed by atoms with Gasteiger partial charge in [0.15, 0.2) is 0 Å². The number of carbonyl (C=O) groups excluding carboxylic acids is 1. The van der Waals surface area contributed by atoms with E-state index in [0.717, 1.165) is 12.1 Å². The summed E-state index contributed by atoms with van der Waals surface area (Å²) in [6.45, 7) is 2.21. The molecular formula is C19H21ClN2O3. The number of carbonyl (C=O) groups is 1. The average Bonchev–Trinajstić information content (AvgIpc) is 2.95. The molecule has 0 aromatic heterocycles. The number of nitrogens with one attached hydrogen (secondary N) is 1. The number of fused-ring (bicyclic) bond motifs is 1. The highest BCUT2D eigenvalue weighted by Gasteiger charge is 2.30. The van der Waals surface area contributed by atoms with Crippen molar-refractivity contribution in [3.8, 4) is 11.5 Å². The van der Waals surface area contributed by atoms with Gasteiger partial charge in [0.05, 0.1) is 31.5 Å². The van der Waals surface area contributed by atoms with Crippen LogP contribution in [-0.2, 0) is 11.2 Å². The molecule has 1 heterocycles. The summed E-state index contributed by atoms with van der Waals surface area (Å²) in [6, 6.07) is 11.6. The van der Waals surface area contributed by atoms with Crippen LogP contribution in [0.25, 0.3) is 0 Å². The first-order valence-electron chi connectivity index (χ1n) is 8.10. The summed E-state index contributed by atoms with van der Waals surface area (Å²) in [5, 5.41) is 3.60. The number of anilines is 2. The summed E-state index contributed by atoms with van der Waals surface area (Å²) >= 11 is 6.11. The molecule has 0 spiro atoms. The summed E-state index contributed by atoms with van der Waals surface area (Å²) in [7, 11) is 3.11. The monoisotopic (exact) mass is 360 g/mol. The second-order valence-electron chi connectivity index (χ2n) is 5.99. The topological polar surface area (TPSA) is 50.8 Å². The minimum Gasteiger partial charge on any atom is -0.495 e. The molecule has 1 N–H and O–H groups in total. The van der Waals surface area contributed by atoms with Crippen LogP contribution in [0.4, 0.5) is 11.4 Å². The van der Waals surface area contributed by atoms with Gasteiger partial charge in [-0.05, 0) is 25.0 Å². The Balaban J connectivity index is 1.77. The van der Waals surface area contributed by atoms with Crippen LogP contribution in [0.1, 0.15) is 12.5 Å². The van der Waals surface area contributed by atoms with E-state index in [4.69, 9.17) is 21.1 Å². The van der Waals surface area contributed by atoms with Crippen molar-refractivity contribution in [1.29, 1.82) is 0 Å². The van der Waals surface area contributed by atoms with E-state index in [0.29, 0.717) is 22.2 Å². The Hall–Kier alpha value is -2.40. The van der Waals surface area contributed by atoms with Gasteiger partial charge in [-0.2, -0.15) is 0 Å². The maximum atomic E-state index is 12.8. The molecule has 5 nitrogen and oxygen atoms in total. The Morgan fingerprint density at radius 1 is 1.24 bits per heavy atom. The number of para-hydroxylation sites is 1. The quantitative estimate of drug-likeness (QED) is 0.882. The fourth-order valence-electron chi connectivity index (χ4n) is 3.20. The maximum absolute atomic E-state index is 12.8. The molecule has 2 aromatic carbocycles. The summed E-state index contributed by atoms with van der Waals surface area (Å²) in [6.07, 6.45) is 0.875. The molecule has 6 heteroatoms. The number of methoxy groups -OCH3 is 2. The highest BCUT2D eigenvalue weighted by Crippen LogP contribution is 2.36. The van der Waals surface area contributed by atoms with E-state index >= 15 is 0 Å². The Kier molecular flexibility index (Phi) is 5.04. The number of nitrogens with zero attached hydrogens (tertiary/aromatic N) is 1. The highest BCUT2D eigenvalue weighted by atomic mass is 35.5. The Morgan fingerprint density at radius 2 is 1.96 bits per heavy atom. The van der Waals surface area contributed by atoms with Gasteiger partial charge in [0.25, 0.3) is 0 Å². The third-order valence-electron chi connectivity index (χ3n) is 4.38. The summed E-state index contributed by atoms with van der Waals surface area (Å²) in [5.41, 5.74) is 2.86. The van der Waals surface area contributed by atoms with Crippen LogP contribution in [0.3, 0.4) is 0 Å². The Labute approximate surface area is 152 Å². The van der Waals surface area contributed by atoms with Gasteiger partial charge >= 0.3 is 0 Å². The van der Waals surface area contributed by atoms with E-state index in [2.05, 4.69) is 18.3 Å². The summed E-state index contributed by atoms with van der Waals surface area (Å²) < 4.78 is 10.6. The maximum Gasteiger partial charge on any atom is 0.246 e. The van der Waals surface area contributed by atoms with E-state index in [1.165, 1.54) is 5.56 Å². The molecule has 25 heavy (non-hydrogen) atoms. The largest absolute Gasteiger partial charge is 0.495 e. The lowest BCUT2D eigenvalue weighted by Gasteiger charge is -2.23. The minimum atomic E-state index is 0.00780. The van der Waals surface area contributed by atoms with Gasteiger partial charge in [-0.1, -0.05) is 29.8 Å². The van der Waals surface area contributed by atoms with Crippen molar-refractivity contribution in [2.75, 3.05) is 31.0 Å². The first-order chi connectivity index (χ1) is 12.0. The first-order valence-corrected chi connectivity index (χ1v) is 8.48. The van der Waals surface area contributed by atoms with Crippen LogP contribution in [0.15, 0.2) is 36.4 Å². The van der Waals surface area contributed by atoms with Crippen molar-refractivity contribution >= 4 is 28.9 Å². The molecule has 1 amide bonds. The average molecular weight is 361 g/mol. The number of ether oxygens (including phenoxy) is 2. The van der Waals surface area contributed by atoms with Crippen molar-refractivity contribution in [2.24, 2.45) is 0 Å². The molecule has 0 aliphatic carbocycles. The number of rotatable bonds is 5. The number of hydrogen-bond donors (Lipinski definition) is 1. The number of benzene rings is 2. The van der Waals surface area contributed by atoms with Crippen molar-refractivity contribution in [1.82, 2.24) is 0 Å². The van der Waals surface area contributed by atoms with Crippen LogP contribution in [-0.4, -0.2) is 32.7 Å². The van der Waals surface area contributed by atoms with E-state index in [1.807, 2.05) is 23.1 Å². The fourth-order valence-corrected chi connectivity index (χ4v) is 3.43. The van der Waals surface area contributed by atoms with Gasteiger partial charge in [0, 0.05) is 23.9 Å². The van der Waals surface area contributed by atoms with Crippen molar-refractivity contribution in [2.45, 2.75) is 19.4 Å². The second kappa shape index (κ2) is 7.23. The predicted molar refractivity (Wildman–Crippen MR) is 100 cm³/mol. The second-order valence-corrected chi connectivity index (χ2v) is 6.39. The zero-order valence-electron chi connectivity index (χ0n) is 14.5. The van der Waals surface area contributed by atoms with Gasteiger partial charge in [-0.15, -0.1) is 0 Å². The van der Waals surface area contributed by atoms with Gasteiger partial charge in [-0.25, -0.2) is 0 Å². The van der Waals surface area contributed by atoms with Gasteiger partial charge in [0.2, 0.25) is 5.91 Å². The zero-order chi connectivity index (χ0) is 18.0. The molecule has 1 atom stereocenters. The molecule has 0 saturated heterocycles. The highest BCUT2D eigenvalue weighted by molar-refractivity contribution is 6.32. The van der Waals surface area contributed by atoms with E-state index in [9.17, 15) is 4.79 Å². The normalized spacial score (nSPS) is 15.7. The molecule has 0 radical (unpaired) electrons. The lowest BCUT2D eigenvalue weighted by molar-refractivity contribution is -0.117. The standard InChI is InChI=1S/C19H21ClN2O3/c1-12-8-13-6-4-5-7-16(13)22(12)19(23)11-21-15-10-17(24-2)14(20)9-18(15)25-3/h4-7,9-10,12,21H,8,11H2,1-3H3/t12-/m1/s1. The molecule has 0 bridgehead atoms. The summed E-state index contributed by atoms with van der Waals surface area (Å²) in [4.78, 5) is 14.6. The van der Waals surface area contributed by atoms with Crippen molar-refractivity contribution in [3.05, 3.63) is 47.0 Å². The Bertz CT molecular complexity index is 794. The van der Waals surface area contributed by atoms with Gasteiger partial charge < -0.3 is 19.7 Å². The van der Waals surface area contributed by atoms with Crippen molar-refractivity contribution < 1.29 is 14.3 Å². The smallest absolute Gasteiger partial charge is 0.246 e. The van der Waals surface area contributed by atoms with Gasteiger partial charge in [-0.3, -0.25) is 4.79 Å². The lowest BCUT2D eigenvalue weighted by Crippen LogP contribution is -2.39. The van der Waals surface area contributed by atoms with Crippen LogP contribution in [0.2, 0.25) is 5.02 Å². The molecule has 0 saturated carbocycles. The van der Waals surface area contributed by atoms with Crippen LogP contribution in [0.5, 0.6) is 11.5 Å². The molecular weight excluding hydrogens is 340 g/mol. The van der Waals surface area contributed by atoms with E-state index < -0.39 is 0 Å².